The second-order valence-corrected chi connectivity index (χ2v) is 7.78. The van der Waals surface area contributed by atoms with Crippen molar-refractivity contribution >= 4 is 21.5 Å². The molecular formula is C15H21NO4S. The molecule has 0 unspecified atom stereocenters. The van der Waals surface area contributed by atoms with Crippen LogP contribution in [0.4, 0.5) is 5.69 Å². The number of anilines is 1. The summed E-state index contributed by atoms with van der Waals surface area (Å²) in [6.07, 6.45) is 3.35. The summed E-state index contributed by atoms with van der Waals surface area (Å²) in [7, 11) is -3.20. The molecule has 0 heterocycles. The monoisotopic (exact) mass is 311 g/mol. The Balaban J connectivity index is 2.11. The second-order valence-electron chi connectivity index (χ2n) is 5.67. The van der Waals surface area contributed by atoms with E-state index in [0.717, 1.165) is 24.9 Å². The van der Waals surface area contributed by atoms with Crippen LogP contribution in [0.2, 0.25) is 0 Å². The summed E-state index contributed by atoms with van der Waals surface area (Å²) in [5.41, 5.74) is 0.390. The number of benzene rings is 1. The van der Waals surface area contributed by atoms with Crippen molar-refractivity contribution in [1.82, 2.24) is 0 Å². The predicted octanol–water partition coefficient (Wildman–Crippen LogP) is 2.68. The molecule has 2 N–H and O–H groups in total. The number of sulfone groups is 1. The van der Waals surface area contributed by atoms with Gasteiger partial charge in [-0.3, -0.25) is 4.79 Å². The SMILES string of the molecule is CCCS(=O)(=O)c1ccc(NC2(CC(=O)O)CCC2)cc1. The van der Waals surface area contributed by atoms with Crippen LogP contribution in [0, 0.1) is 0 Å². The Kier molecular flexibility index (Phi) is 4.56. The molecule has 0 radical (unpaired) electrons. The van der Waals surface area contributed by atoms with Gasteiger partial charge >= 0.3 is 5.97 Å². The molecule has 1 aromatic rings. The molecule has 1 aliphatic rings. The van der Waals surface area contributed by atoms with Gasteiger partial charge in [0.15, 0.2) is 9.84 Å². The van der Waals surface area contributed by atoms with Crippen LogP contribution < -0.4 is 5.32 Å². The normalized spacial score (nSPS) is 17.0. The van der Waals surface area contributed by atoms with E-state index in [9.17, 15) is 13.2 Å². The molecule has 0 aromatic heterocycles. The van der Waals surface area contributed by atoms with E-state index in [-0.39, 0.29) is 17.7 Å². The van der Waals surface area contributed by atoms with E-state index in [0.29, 0.717) is 11.3 Å². The molecule has 2 rings (SSSR count). The first-order valence-corrected chi connectivity index (χ1v) is 8.85. The zero-order valence-corrected chi connectivity index (χ0v) is 12.9. The lowest BCUT2D eigenvalue weighted by atomic mass is 9.74. The van der Waals surface area contributed by atoms with Crippen molar-refractivity contribution in [2.24, 2.45) is 0 Å². The van der Waals surface area contributed by atoms with Gasteiger partial charge in [0.2, 0.25) is 0 Å². The van der Waals surface area contributed by atoms with Crippen LogP contribution in [0.3, 0.4) is 0 Å². The molecule has 0 saturated heterocycles. The average molecular weight is 311 g/mol. The van der Waals surface area contributed by atoms with E-state index in [4.69, 9.17) is 5.11 Å². The number of nitrogens with one attached hydrogen (secondary N) is 1. The molecule has 21 heavy (non-hydrogen) atoms. The molecule has 0 bridgehead atoms. The lowest BCUT2D eigenvalue weighted by Crippen LogP contribution is -2.46. The number of carbonyl (C=O) groups is 1. The van der Waals surface area contributed by atoms with Crippen molar-refractivity contribution in [2.45, 2.75) is 49.5 Å². The Morgan fingerprint density at radius 1 is 1.29 bits per heavy atom. The van der Waals surface area contributed by atoms with Crippen molar-refractivity contribution in [1.29, 1.82) is 0 Å². The quantitative estimate of drug-likeness (QED) is 0.809. The molecule has 0 aliphatic heterocycles. The van der Waals surface area contributed by atoms with Crippen LogP contribution in [0.15, 0.2) is 29.2 Å². The van der Waals surface area contributed by atoms with E-state index in [1.54, 1.807) is 24.3 Å². The van der Waals surface area contributed by atoms with E-state index < -0.39 is 15.8 Å². The number of rotatable bonds is 7. The van der Waals surface area contributed by atoms with E-state index in [2.05, 4.69) is 5.32 Å². The van der Waals surface area contributed by atoms with Crippen LogP contribution in [0.5, 0.6) is 0 Å². The standard InChI is InChI=1S/C15H21NO4S/c1-2-10-21(19,20)13-6-4-12(5-7-13)16-15(8-3-9-15)11-14(17)18/h4-7,16H,2-3,8-11H2,1H3,(H,17,18). The fourth-order valence-electron chi connectivity index (χ4n) is 2.68. The van der Waals surface area contributed by atoms with Gasteiger partial charge in [0.05, 0.1) is 17.1 Å². The van der Waals surface area contributed by atoms with Crippen LogP contribution in [0.25, 0.3) is 0 Å². The summed E-state index contributed by atoms with van der Waals surface area (Å²) in [6.45, 7) is 1.83. The largest absolute Gasteiger partial charge is 0.481 e. The minimum Gasteiger partial charge on any atom is -0.481 e. The highest BCUT2D eigenvalue weighted by Gasteiger charge is 2.38. The van der Waals surface area contributed by atoms with Gasteiger partial charge in [-0.15, -0.1) is 0 Å². The summed E-state index contributed by atoms with van der Waals surface area (Å²) in [5.74, 6) is -0.674. The number of aliphatic carboxylic acids is 1. The first-order valence-electron chi connectivity index (χ1n) is 7.20. The Morgan fingerprint density at radius 3 is 2.33 bits per heavy atom. The van der Waals surface area contributed by atoms with Crippen molar-refractivity contribution in [3.8, 4) is 0 Å². The minimum atomic E-state index is -3.20. The lowest BCUT2D eigenvalue weighted by molar-refractivity contribution is -0.138. The third-order valence-corrected chi connectivity index (χ3v) is 5.83. The van der Waals surface area contributed by atoms with Crippen molar-refractivity contribution < 1.29 is 18.3 Å². The molecule has 116 valence electrons. The van der Waals surface area contributed by atoms with Gasteiger partial charge in [0.25, 0.3) is 0 Å². The molecule has 1 saturated carbocycles. The fourth-order valence-corrected chi connectivity index (χ4v) is 4.00. The number of hydrogen-bond acceptors (Lipinski definition) is 4. The van der Waals surface area contributed by atoms with Gasteiger partial charge in [-0.2, -0.15) is 0 Å². The van der Waals surface area contributed by atoms with Gasteiger partial charge in [-0.1, -0.05) is 6.92 Å². The molecule has 1 aromatic carbocycles. The Labute approximate surface area is 125 Å². The minimum absolute atomic E-state index is 0.0862. The first kappa shape index (κ1) is 15.8. The van der Waals surface area contributed by atoms with E-state index in [1.807, 2.05) is 6.92 Å². The Morgan fingerprint density at radius 2 is 1.90 bits per heavy atom. The zero-order valence-electron chi connectivity index (χ0n) is 12.1. The zero-order chi connectivity index (χ0) is 15.5. The molecular weight excluding hydrogens is 290 g/mol. The maximum atomic E-state index is 11.9. The Bertz CT molecular complexity index is 603. The van der Waals surface area contributed by atoms with Crippen LogP contribution in [-0.4, -0.2) is 30.8 Å². The summed E-state index contributed by atoms with van der Waals surface area (Å²) in [6, 6.07) is 6.59. The highest BCUT2D eigenvalue weighted by molar-refractivity contribution is 7.91. The van der Waals surface area contributed by atoms with Gasteiger partial charge in [-0.25, -0.2) is 8.42 Å². The first-order chi connectivity index (χ1) is 9.87. The third-order valence-electron chi connectivity index (χ3n) is 3.90. The predicted molar refractivity (Wildman–Crippen MR) is 81.2 cm³/mol. The summed E-state index contributed by atoms with van der Waals surface area (Å²) in [5, 5.41) is 12.2. The van der Waals surface area contributed by atoms with Gasteiger partial charge in [-0.05, 0) is 49.9 Å². The molecule has 5 nitrogen and oxygen atoms in total. The maximum Gasteiger partial charge on any atom is 0.305 e. The molecule has 1 aliphatic carbocycles. The second kappa shape index (κ2) is 6.05. The number of carboxylic acid groups (broad SMARTS) is 1. The summed E-state index contributed by atoms with van der Waals surface area (Å²) < 4.78 is 23.9. The van der Waals surface area contributed by atoms with E-state index >= 15 is 0 Å². The number of hydrogen-bond donors (Lipinski definition) is 2. The number of carboxylic acids is 1. The van der Waals surface area contributed by atoms with Gasteiger partial charge in [0.1, 0.15) is 0 Å². The maximum absolute atomic E-state index is 11.9. The molecule has 0 atom stereocenters. The topological polar surface area (TPSA) is 83.5 Å². The van der Waals surface area contributed by atoms with Gasteiger partial charge < -0.3 is 10.4 Å². The van der Waals surface area contributed by atoms with Crippen LogP contribution in [0.1, 0.15) is 39.0 Å². The van der Waals surface area contributed by atoms with Crippen molar-refractivity contribution in [2.75, 3.05) is 11.1 Å². The van der Waals surface area contributed by atoms with Gasteiger partial charge in [0, 0.05) is 11.2 Å². The lowest BCUT2D eigenvalue weighted by Gasteiger charge is -2.42. The summed E-state index contributed by atoms with van der Waals surface area (Å²) in [4.78, 5) is 11.3. The molecule has 6 heteroatoms. The third kappa shape index (κ3) is 3.75. The van der Waals surface area contributed by atoms with Crippen molar-refractivity contribution in [3.63, 3.8) is 0 Å². The van der Waals surface area contributed by atoms with Crippen LogP contribution in [-0.2, 0) is 14.6 Å². The highest BCUT2D eigenvalue weighted by Crippen LogP contribution is 2.38. The van der Waals surface area contributed by atoms with Crippen LogP contribution >= 0.6 is 0 Å². The fraction of sp³-hybridized carbons (Fsp3) is 0.533. The smallest absolute Gasteiger partial charge is 0.305 e. The molecule has 0 spiro atoms. The molecule has 0 amide bonds. The summed E-state index contributed by atoms with van der Waals surface area (Å²) >= 11 is 0. The van der Waals surface area contributed by atoms with E-state index in [1.165, 1.54) is 0 Å². The molecule has 1 fully saturated rings. The Hall–Kier alpha value is -1.56. The average Bonchev–Trinajstić information content (AvgIpc) is 2.36. The van der Waals surface area contributed by atoms with Crippen molar-refractivity contribution in [3.05, 3.63) is 24.3 Å². The highest BCUT2D eigenvalue weighted by atomic mass is 32.2.